The molecule has 1 aromatic carbocycles. The van der Waals surface area contributed by atoms with Crippen molar-refractivity contribution in [2.24, 2.45) is 5.73 Å². The highest BCUT2D eigenvalue weighted by Gasteiger charge is 2.22. The molecule has 0 saturated heterocycles. The molecule has 4 rings (SSSR count). The van der Waals surface area contributed by atoms with Gasteiger partial charge in [-0.25, -0.2) is 4.98 Å². The van der Waals surface area contributed by atoms with Gasteiger partial charge in [-0.05, 0) is 25.0 Å². The van der Waals surface area contributed by atoms with Crippen molar-refractivity contribution in [2.45, 2.75) is 25.9 Å². The molecule has 0 bridgehead atoms. The van der Waals surface area contributed by atoms with E-state index >= 15 is 0 Å². The second-order valence-corrected chi connectivity index (χ2v) is 6.89. The molecule has 5 nitrogen and oxygen atoms in total. The molecule has 0 radical (unpaired) electrons. The second kappa shape index (κ2) is 5.47. The third-order valence-corrected chi connectivity index (χ3v) is 5.19. The van der Waals surface area contributed by atoms with Crippen LogP contribution in [0.5, 0.6) is 0 Å². The van der Waals surface area contributed by atoms with Crippen molar-refractivity contribution in [1.29, 1.82) is 0 Å². The SMILES string of the molecule is Cc1csc2nc(CN3CC(N)Cc4ccccc43)cc(=O)n12. The fourth-order valence-corrected chi connectivity index (χ4v) is 4.14. The molecule has 2 N–H and O–H groups in total. The average Bonchev–Trinajstić information content (AvgIpc) is 2.89. The van der Waals surface area contributed by atoms with Gasteiger partial charge in [0.15, 0.2) is 4.96 Å². The summed E-state index contributed by atoms with van der Waals surface area (Å²) in [6.45, 7) is 3.31. The van der Waals surface area contributed by atoms with Crippen LogP contribution in [-0.2, 0) is 13.0 Å². The number of nitrogens with two attached hydrogens (primary N) is 1. The Hall–Kier alpha value is -2.18. The molecule has 0 aliphatic carbocycles. The Morgan fingerprint density at radius 2 is 2.22 bits per heavy atom. The Bertz CT molecular complexity index is 930. The summed E-state index contributed by atoms with van der Waals surface area (Å²) in [5, 5.41) is 1.96. The van der Waals surface area contributed by atoms with Crippen LogP contribution in [0.4, 0.5) is 5.69 Å². The summed E-state index contributed by atoms with van der Waals surface area (Å²) >= 11 is 1.50. The quantitative estimate of drug-likeness (QED) is 0.782. The van der Waals surface area contributed by atoms with Gasteiger partial charge in [-0.15, -0.1) is 11.3 Å². The number of thiazole rings is 1. The number of benzene rings is 1. The zero-order chi connectivity index (χ0) is 16.0. The Morgan fingerprint density at radius 3 is 3.09 bits per heavy atom. The highest BCUT2D eigenvalue weighted by Crippen LogP contribution is 2.27. The molecule has 2 aromatic heterocycles. The monoisotopic (exact) mass is 326 g/mol. The van der Waals surface area contributed by atoms with Crippen molar-refractivity contribution in [3.63, 3.8) is 0 Å². The van der Waals surface area contributed by atoms with E-state index in [1.807, 2.05) is 24.4 Å². The van der Waals surface area contributed by atoms with Crippen molar-refractivity contribution >= 4 is 22.0 Å². The van der Waals surface area contributed by atoms with Gasteiger partial charge >= 0.3 is 0 Å². The maximum absolute atomic E-state index is 12.3. The van der Waals surface area contributed by atoms with Crippen LogP contribution in [0.2, 0.25) is 0 Å². The van der Waals surface area contributed by atoms with E-state index in [1.54, 1.807) is 10.5 Å². The molecule has 6 heteroatoms. The third-order valence-electron chi connectivity index (χ3n) is 4.25. The first-order valence-corrected chi connectivity index (χ1v) is 8.55. The predicted molar refractivity (Wildman–Crippen MR) is 93.2 cm³/mol. The fourth-order valence-electron chi connectivity index (χ4n) is 3.25. The van der Waals surface area contributed by atoms with E-state index < -0.39 is 0 Å². The van der Waals surface area contributed by atoms with E-state index in [0.29, 0.717) is 6.54 Å². The molecule has 1 unspecified atom stereocenters. The Morgan fingerprint density at radius 1 is 1.39 bits per heavy atom. The van der Waals surface area contributed by atoms with Crippen molar-refractivity contribution < 1.29 is 0 Å². The summed E-state index contributed by atoms with van der Waals surface area (Å²) in [4.78, 5) is 19.9. The summed E-state index contributed by atoms with van der Waals surface area (Å²) in [5.41, 5.74) is 10.4. The number of hydrogen-bond acceptors (Lipinski definition) is 5. The van der Waals surface area contributed by atoms with Crippen molar-refractivity contribution in [1.82, 2.24) is 9.38 Å². The molecule has 0 amide bonds. The van der Waals surface area contributed by atoms with E-state index in [0.717, 1.165) is 29.3 Å². The maximum Gasteiger partial charge on any atom is 0.259 e. The topological polar surface area (TPSA) is 63.6 Å². The van der Waals surface area contributed by atoms with E-state index in [1.165, 1.54) is 22.6 Å². The van der Waals surface area contributed by atoms with E-state index in [-0.39, 0.29) is 11.6 Å². The van der Waals surface area contributed by atoms with Crippen LogP contribution in [0.3, 0.4) is 0 Å². The summed E-state index contributed by atoms with van der Waals surface area (Å²) < 4.78 is 1.66. The zero-order valence-corrected chi connectivity index (χ0v) is 13.7. The van der Waals surface area contributed by atoms with Crippen LogP contribution < -0.4 is 16.2 Å². The normalized spacial score (nSPS) is 17.5. The molecule has 3 heterocycles. The summed E-state index contributed by atoms with van der Waals surface area (Å²) in [7, 11) is 0. The van der Waals surface area contributed by atoms with Crippen LogP contribution in [0.25, 0.3) is 4.96 Å². The molecule has 3 aromatic rings. The van der Waals surface area contributed by atoms with Crippen molar-refractivity contribution in [3.8, 4) is 0 Å². The van der Waals surface area contributed by atoms with Gasteiger partial charge in [0.1, 0.15) is 0 Å². The van der Waals surface area contributed by atoms with E-state index in [9.17, 15) is 4.79 Å². The largest absolute Gasteiger partial charge is 0.364 e. The smallest absolute Gasteiger partial charge is 0.259 e. The number of anilines is 1. The number of hydrogen-bond donors (Lipinski definition) is 1. The molecule has 0 saturated carbocycles. The van der Waals surface area contributed by atoms with Gasteiger partial charge in [-0.1, -0.05) is 18.2 Å². The van der Waals surface area contributed by atoms with Crippen molar-refractivity contribution in [3.05, 3.63) is 63.0 Å². The number of nitrogens with zero attached hydrogens (tertiary/aromatic N) is 3. The lowest BCUT2D eigenvalue weighted by Gasteiger charge is -2.34. The summed E-state index contributed by atoms with van der Waals surface area (Å²) in [5.74, 6) is 0. The Balaban J connectivity index is 1.72. The standard InChI is InChI=1S/C17H18N4OS/c1-11-10-23-17-19-14(7-16(22)21(11)17)9-20-8-13(18)6-12-4-2-3-5-15(12)20/h2-5,7,10,13H,6,8-9,18H2,1H3. The molecular formula is C17H18N4OS. The highest BCUT2D eigenvalue weighted by atomic mass is 32.1. The van der Waals surface area contributed by atoms with Crippen LogP contribution >= 0.6 is 11.3 Å². The van der Waals surface area contributed by atoms with Gasteiger partial charge in [-0.3, -0.25) is 9.20 Å². The minimum atomic E-state index is -0.0154. The number of para-hydroxylation sites is 1. The van der Waals surface area contributed by atoms with Gasteiger partial charge in [0.25, 0.3) is 5.56 Å². The predicted octanol–water partition coefficient (Wildman–Crippen LogP) is 1.95. The minimum Gasteiger partial charge on any atom is -0.364 e. The highest BCUT2D eigenvalue weighted by molar-refractivity contribution is 7.15. The average molecular weight is 326 g/mol. The lowest BCUT2D eigenvalue weighted by Crippen LogP contribution is -2.43. The molecule has 0 spiro atoms. The Labute approximate surface area is 138 Å². The fraction of sp³-hybridized carbons (Fsp3) is 0.294. The number of aromatic nitrogens is 2. The molecule has 23 heavy (non-hydrogen) atoms. The zero-order valence-electron chi connectivity index (χ0n) is 12.9. The van der Waals surface area contributed by atoms with E-state index in [2.05, 4.69) is 22.0 Å². The molecule has 118 valence electrons. The van der Waals surface area contributed by atoms with Gasteiger partial charge < -0.3 is 10.6 Å². The molecule has 1 atom stereocenters. The molecule has 1 aliphatic heterocycles. The van der Waals surface area contributed by atoms with Crippen LogP contribution in [0, 0.1) is 6.92 Å². The first-order valence-electron chi connectivity index (χ1n) is 7.67. The van der Waals surface area contributed by atoms with Gasteiger partial charge in [0.05, 0.1) is 12.2 Å². The molecule has 1 aliphatic rings. The first kappa shape index (κ1) is 14.4. The van der Waals surface area contributed by atoms with Gasteiger partial charge in [0, 0.05) is 35.4 Å². The lowest BCUT2D eigenvalue weighted by molar-refractivity contribution is 0.595. The van der Waals surface area contributed by atoms with Crippen LogP contribution in [-0.4, -0.2) is 22.0 Å². The number of rotatable bonds is 2. The Kier molecular flexibility index (Phi) is 3.43. The summed E-state index contributed by atoms with van der Waals surface area (Å²) in [6, 6.07) is 10.1. The van der Waals surface area contributed by atoms with Crippen molar-refractivity contribution in [2.75, 3.05) is 11.4 Å². The summed E-state index contributed by atoms with van der Waals surface area (Å²) in [6.07, 6.45) is 0.895. The van der Waals surface area contributed by atoms with Crippen LogP contribution in [0.15, 0.2) is 40.5 Å². The van der Waals surface area contributed by atoms with Gasteiger partial charge in [-0.2, -0.15) is 0 Å². The number of aryl methyl sites for hydroxylation is 1. The molecular weight excluding hydrogens is 308 g/mol. The maximum atomic E-state index is 12.3. The second-order valence-electron chi connectivity index (χ2n) is 6.05. The minimum absolute atomic E-state index is 0.0154. The number of fused-ring (bicyclic) bond motifs is 2. The van der Waals surface area contributed by atoms with Gasteiger partial charge in [0.2, 0.25) is 0 Å². The first-order chi connectivity index (χ1) is 11.1. The van der Waals surface area contributed by atoms with Crippen LogP contribution in [0.1, 0.15) is 17.0 Å². The lowest BCUT2D eigenvalue weighted by atomic mass is 9.98. The van der Waals surface area contributed by atoms with E-state index in [4.69, 9.17) is 5.73 Å². The molecule has 0 fully saturated rings. The third kappa shape index (κ3) is 2.54.